The van der Waals surface area contributed by atoms with Crippen molar-refractivity contribution in [2.24, 2.45) is 0 Å². The van der Waals surface area contributed by atoms with Gasteiger partial charge in [-0.05, 0) is 31.0 Å². The summed E-state index contributed by atoms with van der Waals surface area (Å²) in [7, 11) is 0. The van der Waals surface area contributed by atoms with Crippen LogP contribution in [0.4, 0.5) is 4.79 Å². The number of rotatable bonds is 4. The van der Waals surface area contributed by atoms with Crippen molar-refractivity contribution in [3.63, 3.8) is 0 Å². The second kappa shape index (κ2) is 7.61. The van der Waals surface area contributed by atoms with Crippen molar-refractivity contribution in [2.45, 2.75) is 25.9 Å². The number of imidazole rings is 1. The number of nitrogens with one attached hydrogen (secondary N) is 1. The van der Waals surface area contributed by atoms with Gasteiger partial charge in [0.1, 0.15) is 5.82 Å². The van der Waals surface area contributed by atoms with E-state index in [0.717, 1.165) is 35.6 Å². The van der Waals surface area contributed by atoms with Crippen LogP contribution in [0.25, 0.3) is 11.4 Å². The highest BCUT2D eigenvalue weighted by Crippen LogP contribution is 2.29. The van der Waals surface area contributed by atoms with Crippen LogP contribution < -0.4 is 5.32 Å². The van der Waals surface area contributed by atoms with Crippen molar-refractivity contribution in [1.82, 2.24) is 24.8 Å². The van der Waals surface area contributed by atoms with E-state index < -0.39 is 0 Å². The Balaban J connectivity index is 1.44. The standard InChI is InChI=1S/C21H23N5O/c1-16-12-23-20(18-8-5-10-22-14-18)26(16)19-9-11-25(15-19)21(27)24-13-17-6-3-2-4-7-17/h2-8,10,12,14,19H,9,11,13,15H2,1H3,(H,24,27). The Morgan fingerprint density at radius 1 is 1.19 bits per heavy atom. The van der Waals surface area contributed by atoms with Crippen LogP contribution in [0.15, 0.2) is 61.1 Å². The highest BCUT2D eigenvalue weighted by molar-refractivity contribution is 5.74. The van der Waals surface area contributed by atoms with E-state index in [1.54, 1.807) is 6.20 Å². The minimum Gasteiger partial charge on any atom is -0.334 e. The van der Waals surface area contributed by atoms with E-state index in [4.69, 9.17) is 0 Å². The molecule has 1 N–H and O–H groups in total. The lowest BCUT2D eigenvalue weighted by molar-refractivity contribution is 0.206. The number of carbonyl (C=O) groups is 1. The molecule has 0 spiro atoms. The van der Waals surface area contributed by atoms with Crippen LogP contribution in [-0.2, 0) is 6.54 Å². The van der Waals surface area contributed by atoms with Crippen LogP contribution in [0.1, 0.15) is 23.7 Å². The van der Waals surface area contributed by atoms with Crippen LogP contribution in [0.5, 0.6) is 0 Å². The molecule has 1 saturated heterocycles. The third-order valence-corrected chi connectivity index (χ3v) is 5.00. The summed E-state index contributed by atoms with van der Waals surface area (Å²) in [6.07, 6.45) is 6.40. The fourth-order valence-corrected chi connectivity index (χ4v) is 3.64. The lowest BCUT2D eigenvalue weighted by Gasteiger charge is -2.20. The van der Waals surface area contributed by atoms with Gasteiger partial charge in [-0.3, -0.25) is 4.98 Å². The molecule has 1 unspecified atom stereocenters. The van der Waals surface area contributed by atoms with Crippen molar-refractivity contribution in [1.29, 1.82) is 0 Å². The quantitative estimate of drug-likeness (QED) is 0.775. The molecule has 6 heteroatoms. The molecule has 0 bridgehead atoms. The van der Waals surface area contributed by atoms with Gasteiger partial charge >= 0.3 is 6.03 Å². The number of urea groups is 1. The molecule has 2 aromatic heterocycles. The Bertz CT molecular complexity index is 907. The summed E-state index contributed by atoms with van der Waals surface area (Å²) >= 11 is 0. The van der Waals surface area contributed by atoms with E-state index in [2.05, 4.69) is 26.8 Å². The molecule has 2 amide bonds. The number of benzene rings is 1. The number of aromatic nitrogens is 3. The van der Waals surface area contributed by atoms with E-state index in [0.29, 0.717) is 13.1 Å². The highest BCUT2D eigenvalue weighted by atomic mass is 16.2. The average Bonchev–Trinajstić information content (AvgIpc) is 3.34. The third-order valence-electron chi connectivity index (χ3n) is 5.00. The molecule has 1 aromatic carbocycles. The number of hydrogen-bond donors (Lipinski definition) is 1. The lowest BCUT2D eigenvalue weighted by Crippen LogP contribution is -2.38. The smallest absolute Gasteiger partial charge is 0.317 e. The number of pyridine rings is 1. The fraction of sp³-hybridized carbons (Fsp3) is 0.286. The maximum Gasteiger partial charge on any atom is 0.317 e. The number of aryl methyl sites for hydroxylation is 1. The van der Waals surface area contributed by atoms with Gasteiger partial charge in [0.2, 0.25) is 0 Å². The van der Waals surface area contributed by atoms with Crippen molar-refractivity contribution >= 4 is 6.03 Å². The third kappa shape index (κ3) is 3.69. The van der Waals surface area contributed by atoms with Crippen LogP contribution in [-0.4, -0.2) is 38.6 Å². The van der Waals surface area contributed by atoms with E-state index >= 15 is 0 Å². The van der Waals surface area contributed by atoms with E-state index in [9.17, 15) is 4.79 Å². The van der Waals surface area contributed by atoms with Gasteiger partial charge in [0.15, 0.2) is 0 Å². The van der Waals surface area contributed by atoms with E-state index in [1.807, 2.05) is 59.8 Å². The molecule has 0 saturated carbocycles. The zero-order valence-electron chi connectivity index (χ0n) is 15.4. The Hall–Kier alpha value is -3.15. The summed E-state index contributed by atoms with van der Waals surface area (Å²) in [4.78, 5) is 23.2. The summed E-state index contributed by atoms with van der Waals surface area (Å²) in [5.41, 5.74) is 3.20. The largest absolute Gasteiger partial charge is 0.334 e. The van der Waals surface area contributed by atoms with Gasteiger partial charge in [-0.1, -0.05) is 30.3 Å². The fourth-order valence-electron chi connectivity index (χ4n) is 3.64. The van der Waals surface area contributed by atoms with Gasteiger partial charge < -0.3 is 14.8 Å². The normalized spacial score (nSPS) is 16.5. The molecule has 0 radical (unpaired) electrons. The van der Waals surface area contributed by atoms with Crippen LogP contribution in [0.3, 0.4) is 0 Å². The molecule has 3 aromatic rings. The lowest BCUT2D eigenvalue weighted by atomic mass is 10.2. The highest BCUT2D eigenvalue weighted by Gasteiger charge is 2.29. The zero-order valence-corrected chi connectivity index (χ0v) is 15.4. The summed E-state index contributed by atoms with van der Waals surface area (Å²) < 4.78 is 2.24. The summed E-state index contributed by atoms with van der Waals surface area (Å²) in [6.45, 7) is 4.04. The van der Waals surface area contributed by atoms with Gasteiger partial charge in [-0.25, -0.2) is 9.78 Å². The van der Waals surface area contributed by atoms with Gasteiger partial charge in [-0.2, -0.15) is 0 Å². The monoisotopic (exact) mass is 361 g/mol. The van der Waals surface area contributed by atoms with Crippen LogP contribution >= 0.6 is 0 Å². The Labute approximate surface area is 158 Å². The molecule has 138 valence electrons. The summed E-state index contributed by atoms with van der Waals surface area (Å²) in [6, 6.07) is 14.1. The number of carbonyl (C=O) groups excluding carboxylic acids is 1. The summed E-state index contributed by atoms with van der Waals surface area (Å²) in [5.74, 6) is 0.914. The van der Waals surface area contributed by atoms with Gasteiger partial charge in [0.25, 0.3) is 0 Å². The maximum atomic E-state index is 12.6. The van der Waals surface area contributed by atoms with E-state index in [-0.39, 0.29) is 12.1 Å². The average molecular weight is 361 g/mol. The predicted octanol–water partition coefficient (Wildman–Crippen LogP) is 3.41. The molecule has 6 nitrogen and oxygen atoms in total. The summed E-state index contributed by atoms with van der Waals surface area (Å²) in [5, 5.41) is 3.02. The molecule has 1 fully saturated rings. The zero-order chi connectivity index (χ0) is 18.6. The molecule has 1 aliphatic heterocycles. The van der Waals surface area contributed by atoms with E-state index in [1.165, 1.54) is 0 Å². The van der Waals surface area contributed by atoms with Crippen molar-refractivity contribution in [3.05, 3.63) is 72.3 Å². The number of nitrogens with zero attached hydrogens (tertiary/aromatic N) is 4. The Morgan fingerprint density at radius 2 is 2.04 bits per heavy atom. The first kappa shape index (κ1) is 17.3. The molecule has 0 aliphatic carbocycles. The molecule has 4 rings (SSSR count). The molecule has 1 aliphatic rings. The van der Waals surface area contributed by atoms with Crippen molar-refractivity contribution < 1.29 is 4.79 Å². The first-order valence-electron chi connectivity index (χ1n) is 9.23. The maximum absolute atomic E-state index is 12.6. The van der Waals surface area contributed by atoms with Crippen LogP contribution in [0.2, 0.25) is 0 Å². The van der Waals surface area contributed by atoms with Crippen molar-refractivity contribution in [3.8, 4) is 11.4 Å². The molecule has 1 atom stereocenters. The van der Waals surface area contributed by atoms with Crippen molar-refractivity contribution in [2.75, 3.05) is 13.1 Å². The minimum atomic E-state index is -0.0120. The van der Waals surface area contributed by atoms with Gasteiger partial charge in [0.05, 0.1) is 6.04 Å². The molecule has 27 heavy (non-hydrogen) atoms. The Kier molecular flexibility index (Phi) is 4.87. The predicted molar refractivity (Wildman–Crippen MR) is 104 cm³/mol. The molecular weight excluding hydrogens is 338 g/mol. The van der Waals surface area contributed by atoms with Crippen LogP contribution in [0, 0.1) is 6.92 Å². The number of likely N-dealkylation sites (tertiary alicyclic amines) is 1. The topological polar surface area (TPSA) is 63.1 Å². The molecule has 3 heterocycles. The Morgan fingerprint density at radius 3 is 2.81 bits per heavy atom. The second-order valence-electron chi connectivity index (χ2n) is 6.87. The first-order valence-corrected chi connectivity index (χ1v) is 9.23. The number of amides is 2. The SMILES string of the molecule is Cc1cnc(-c2cccnc2)n1C1CCN(C(=O)NCc2ccccc2)C1. The molecular formula is C21H23N5O. The van der Waals surface area contributed by atoms with Gasteiger partial charge in [-0.15, -0.1) is 0 Å². The second-order valence-corrected chi connectivity index (χ2v) is 6.87. The minimum absolute atomic E-state index is 0.0120. The first-order chi connectivity index (χ1) is 13.2. The van der Waals surface area contributed by atoms with Gasteiger partial charge in [0, 0.05) is 49.5 Å². The number of hydrogen-bond acceptors (Lipinski definition) is 3.